The number of fused-ring (bicyclic) bond motifs is 1. The predicted molar refractivity (Wildman–Crippen MR) is 150 cm³/mol. The molecule has 2 unspecified atom stereocenters. The van der Waals surface area contributed by atoms with Gasteiger partial charge >= 0.3 is 6.09 Å². The van der Waals surface area contributed by atoms with Crippen LogP contribution in [0.3, 0.4) is 0 Å². The van der Waals surface area contributed by atoms with Gasteiger partial charge in [-0.05, 0) is 61.8 Å². The van der Waals surface area contributed by atoms with Crippen molar-refractivity contribution in [2.45, 2.75) is 62.7 Å². The minimum atomic E-state index is -1.42. The lowest BCUT2D eigenvalue weighted by Crippen LogP contribution is -2.43. The molecule has 14 heteroatoms. The molecule has 5 N–H and O–H groups in total. The maximum atomic E-state index is 12.5. The largest absolute Gasteiger partial charge is 0.415 e. The van der Waals surface area contributed by atoms with Gasteiger partial charge in [-0.2, -0.15) is 0 Å². The zero-order valence-electron chi connectivity index (χ0n) is 22.5. The number of aromatic nitrogens is 4. The molecular weight excluding hydrogens is 566 g/mol. The summed E-state index contributed by atoms with van der Waals surface area (Å²) in [5.74, 6) is 6.59. The van der Waals surface area contributed by atoms with E-state index in [1.165, 1.54) is 10.9 Å². The number of rotatable bonds is 5. The van der Waals surface area contributed by atoms with Crippen molar-refractivity contribution in [3.63, 3.8) is 0 Å². The van der Waals surface area contributed by atoms with Crippen molar-refractivity contribution in [2.24, 2.45) is 5.92 Å². The summed E-state index contributed by atoms with van der Waals surface area (Å²) in [6.07, 6.45) is -0.282. The van der Waals surface area contributed by atoms with Crippen LogP contribution in [-0.2, 0) is 9.53 Å². The van der Waals surface area contributed by atoms with Gasteiger partial charge in [-0.15, -0.1) is 0 Å². The van der Waals surface area contributed by atoms with E-state index in [2.05, 4.69) is 32.1 Å². The summed E-state index contributed by atoms with van der Waals surface area (Å²) in [6, 6.07) is 6.72. The highest BCUT2D eigenvalue weighted by molar-refractivity contribution is 6.30. The van der Waals surface area contributed by atoms with Crippen molar-refractivity contribution in [1.82, 2.24) is 29.7 Å². The van der Waals surface area contributed by atoms with Gasteiger partial charge in [-0.3, -0.25) is 9.36 Å². The number of nitrogens with zero attached hydrogens (tertiary/aromatic N) is 5. The number of aliphatic hydroxyl groups excluding tert-OH is 2. The molecule has 13 nitrogen and oxygen atoms in total. The van der Waals surface area contributed by atoms with E-state index in [1.54, 1.807) is 29.2 Å². The Morgan fingerprint density at radius 3 is 2.57 bits per heavy atom. The molecule has 2 aromatic heterocycles. The summed E-state index contributed by atoms with van der Waals surface area (Å²) in [5.41, 5.74) is 6.67. The van der Waals surface area contributed by atoms with Crippen LogP contribution in [0.15, 0.2) is 30.6 Å². The van der Waals surface area contributed by atoms with Crippen LogP contribution < -0.4 is 15.8 Å². The van der Waals surface area contributed by atoms with Crippen molar-refractivity contribution in [1.29, 1.82) is 0 Å². The van der Waals surface area contributed by atoms with Crippen LogP contribution in [0.2, 0.25) is 5.02 Å². The smallest absolute Gasteiger partial charge is 0.410 e. The van der Waals surface area contributed by atoms with Gasteiger partial charge < -0.3 is 35.6 Å². The fourth-order valence-corrected chi connectivity index (χ4v) is 5.19. The standard InChI is InChI=1S/C28H30ClN7O6/c29-16-4-8-18(9-5-16)41-28(40)35-12-10-15(11-13-35)2-1-3-19-33-24(30)20-25(34-19)36(14-31-20)27-22(38)21(37)23(42-27)26(39)32-17-6-7-17/h4-5,8-9,14-15,17,21-23,27,37-38H,2,6-7,10-13H2,(H,32,39)(H2,30,33,34)/t21-,22+,23?,27?/m1/s1. The SMILES string of the molecule is Nc1nc(C#CCC2CCN(C(=O)Oc3ccc(Cl)cc3)CC2)nc2c1ncn2C1OC(C(=O)NC2CC2)[C@H](O)[C@@H]1O. The third-order valence-electron chi connectivity index (χ3n) is 7.63. The molecule has 0 spiro atoms. The first-order chi connectivity index (χ1) is 20.3. The van der Waals surface area contributed by atoms with E-state index in [9.17, 15) is 19.8 Å². The highest BCUT2D eigenvalue weighted by Gasteiger charge is 2.48. The van der Waals surface area contributed by atoms with Crippen molar-refractivity contribution in [3.8, 4) is 17.6 Å². The minimum absolute atomic E-state index is 0.0800. The molecule has 2 saturated heterocycles. The van der Waals surface area contributed by atoms with Crippen LogP contribution in [0.4, 0.5) is 10.6 Å². The number of amides is 2. The summed E-state index contributed by atoms with van der Waals surface area (Å²) in [5, 5.41) is 24.5. The van der Waals surface area contributed by atoms with E-state index in [4.69, 9.17) is 26.8 Å². The molecule has 1 saturated carbocycles. The Labute approximate surface area is 246 Å². The van der Waals surface area contributed by atoms with E-state index >= 15 is 0 Å². The van der Waals surface area contributed by atoms with Gasteiger partial charge in [-0.1, -0.05) is 17.5 Å². The highest BCUT2D eigenvalue weighted by atomic mass is 35.5. The number of carbonyl (C=O) groups is 2. The summed E-state index contributed by atoms with van der Waals surface area (Å²) in [6.45, 7) is 1.12. The predicted octanol–water partition coefficient (Wildman–Crippen LogP) is 1.61. The van der Waals surface area contributed by atoms with Crippen LogP contribution in [0.5, 0.6) is 5.75 Å². The number of ether oxygens (including phenoxy) is 2. The summed E-state index contributed by atoms with van der Waals surface area (Å²) in [7, 11) is 0. The number of nitrogen functional groups attached to an aromatic ring is 1. The molecule has 4 heterocycles. The second kappa shape index (κ2) is 11.7. The summed E-state index contributed by atoms with van der Waals surface area (Å²) >= 11 is 5.88. The van der Waals surface area contributed by atoms with E-state index in [1.807, 2.05) is 0 Å². The van der Waals surface area contributed by atoms with Gasteiger partial charge in [0.2, 0.25) is 5.82 Å². The van der Waals surface area contributed by atoms with Gasteiger partial charge in [0.25, 0.3) is 5.91 Å². The Hall–Kier alpha value is -3.96. The van der Waals surface area contributed by atoms with E-state index < -0.39 is 36.5 Å². The number of nitrogens with two attached hydrogens (primary N) is 1. The highest BCUT2D eigenvalue weighted by Crippen LogP contribution is 2.33. The maximum Gasteiger partial charge on any atom is 0.415 e. The molecule has 6 rings (SSSR count). The molecule has 3 aliphatic rings. The van der Waals surface area contributed by atoms with Crippen LogP contribution in [-0.4, -0.2) is 84.1 Å². The molecule has 1 aromatic carbocycles. The van der Waals surface area contributed by atoms with Crippen molar-refractivity contribution in [3.05, 3.63) is 41.4 Å². The third kappa shape index (κ3) is 5.98. The van der Waals surface area contributed by atoms with Gasteiger partial charge in [0.05, 0.1) is 6.33 Å². The first-order valence-corrected chi connectivity index (χ1v) is 14.2. The molecule has 220 valence electrons. The lowest BCUT2D eigenvalue weighted by molar-refractivity contribution is -0.137. The molecule has 42 heavy (non-hydrogen) atoms. The van der Waals surface area contributed by atoms with Gasteiger partial charge in [0.1, 0.15) is 23.5 Å². The molecule has 1 aliphatic carbocycles. The molecule has 0 bridgehead atoms. The number of carbonyl (C=O) groups excluding carboxylic acids is 2. The number of likely N-dealkylation sites (tertiary alicyclic amines) is 1. The average molecular weight is 596 g/mol. The van der Waals surface area contributed by atoms with E-state index in [0.717, 1.165) is 25.7 Å². The number of imidazole rings is 1. The maximum absolute atomic E-state index is 12.5. The van der Waals surface area contributed by atoms with Crippen LogP contribution in [0.25, 0.3) is 11.2 Å². The Morgan fingerprint density at radius 1 is 1.12 bits per heavy atom. The fourth-order valence-electron chi connectivity index (χ4n) is 5.06. The van der Waals surface area contributed by atoms with Crippen LogP contribution in [0.1, 0.15) is 44.2 Å². The van der Waals surface area contributed by atoms with E-state index in [0.29, 0.717) is 30.3 Å². The third-order valence-corrected chi connectivity index (χ3v) is 7.88. The molecule has 3 fully saturated rings. The zero-order chi connectivity index (χ0) is 29.4. The number of piperidine rings is 1. The minimum Gasteiger partial charge on any atom is -0.410 e. The quantitative estimate of drug-likeness (QED) is 0.317. The molecule has 0 radical (unpaired) electrons. The monoisotopic (exact) mass is 595 g/mol. The van der Waals surface area contributed by atoms with Crippen molar-refractivity contribution in [2.75, 3.05) is 18.8 Å². The molecule has 2 aliphatic heterocycles. The van der Waals surface area contributed by atoms with Crippen LogP contribution in [0, 0.1) is 17.8 Å². The average Bonchev–Trinajstić information content (AvgIpc) is 3.61. The van der Waals surface area contributed by atoms with Crippen molar-refractivity contribution < 1.29 is 29.3 Å². The number of hydrogen-bond acceptors (Lipinski definition) is 10. The molecule has 2 amide bonds. The fraction of sp³-hybridized carbons (Fsp3) is 0.464. The number of halogens is 1. The van der Waals surface area contributed by atoms with Gasteiger partial charge in [0.15, 0.2) is 23.8 Å². The van der Waals surface area contributed by atoms with Crippen LogP contribution >= 0.6 is 11.6 Å². The Morgan fingerprint density at radius 2 is 1.86 bits per heavy atom. The number of benzene rings is 1. The number of nitrogens with one attached hydrogen (secondary N) is 1. The first kappa shape index (κ1) is 28.2. The normalized spacial score (nSPS) is 24.3. The molecule has 4 atom stereocenters. The Bertz CT molecular complexity index is 1540. The number of hydrogen-bond donors (Lipinski definition) is 4. The molecular formula is C28H30ClN7O6. The second-order valence-corrected chi connectivity index (χ2v) is 11.2. The van der Waals surface area contributed by atoms with Crippen molar-refractivity contribution >= 4 is 40.6 Å². The van der Waals surface area contributed by atoms with Gasteiger partial charge in [0, 0.05) is 30.6 Å². The number of anilines is 1. The Balaban J connectivity index is 1.08. The summed E-state index contributed by atoms with van der Waals surface area (Å²) in [4.78, 5) is 39.6. The number of aliphatic hydroxyl groups is 2. The zero-order valence-corrected chi connectivity index (χ0v) is 23.3. The topological polar surface area (TPSA) is 178 Å². The first-order valence-electron chi connectivity index (χ1n) is 13.8. The van der Waals surface area contributed by atoms with E-state index in [-0.39, 0.29) is 34.8 Å². The second-order valence-electron chi connectivity index (χ2n) is 10.7. The lowest BCUT2D eigenvalue weighted by Gasteiger charge is -2.30. The lowest BCUT2D eigenvalue weighted by atomic mass is 9.94. The molecule has 3 aromatic rings. The van der Waals surface area contributed by atoms with Gasteiger partial charge in [-0.25, -0.2) is 19.7 Å². The Kier molecular flexibility index (Phi) is 7.87. The summed E-state index contributed by atoms with van der Waals surface area (Å²) < 4.78 is 12.6.